The number of carbonyl (C=O) groups excluding carboxylic acids is 2. The van der Waals surface area contributed by atoms with Gasteiger partial charge in [0.2, 0.25) is 11.7 Å². The van der Waals surface area contributed by atoms with Gasteiger partial charge in [-0.1, -0.05) is 0 Å². The minimum Gasteiger partial charge on any atom is -0.493 e. The topological polar surface area (TPSA) is 99.0 Å². The zero-order valence-corrected chi connectivity index (χ0v) is 13.7. The predicted octanol–water partition coefficient (Wildman–Crippen LogP) is 1.11. The van der Waals surface area contributed by atoms with E-state index >= 15 is 0 Å². The molecular weight excluding hydrogens is 328 g/mol. The average Bonchev–Trinajstić information content (AvgIpc) is 3.17. The van der Waals surface area contributed by atoms with Crippen molar-refractivity contribution in [2.75, 3.05) is 26.9 Å². The maximum atomic E-state index is 12.3. The molecule has 0 unspecified atom stereocenters. The fourth-order valence-corrected chi connectivity index (χ4v) is 2.33. The van der Waals surface area contributed by atoms with Crippen LogP contribution in [0.3, 0.4) is 0 Å². The standard InChI is InChI=1S/C17H18N2O6/c1-22-13-7-11(8-14-16(13)25-6-5-24-14)17(21)19-10-15(20)18-9-12-3-2-4-23-12/h2-4,7-8H,5-6,9-10H2,1H3,(H,18,20)(H,19,21). The molecule has 1 aromatic carbocycles. The lowest BCUT2D eigenvalue weighted by Crippen LogP contribution is -2.36. The Morgan fingerprint density at radius 2 is 2.04 bits per heavy atom. The first-order chi connectivity index (χ1) is 12.2. The number of furan rings is 1. The lowest BCUT2D eigenvalue weighted by atomic mass is 10.1. The van der Waals surface area contributed by atoms with Gasteiger partial charge in [-0.05, 0) is 24.3 Å². The van der Waals surface area contributed by atoms with Crippen LogP contribution in [0.5, 0.6) is 17.2 Å². The zero-order valence-electron chi connectivity index (χ0n) is 13.7. The molecule has 1 aromatic heterocycles. The molecule has 3 rings (SSSR count). The maximum Gasteiger partial charge on any atom is 0.251 e. The van der Waals surface area contributed by atoms with Gasteiger partial charge in [-0.2, -0.15) is 0 Å². The summed E-state index contributed by atoms with van der Waals surface area (Å²) < 4.78 is 21.3. The third kappa shape index (κ3) is 4.03. The summed E-state index contributed by atoms with van der Waals surface area (Å²) >= 11 is 0. The van der Waals surface area contributed by atoms with E-state index in [1.807, 2.05) is 0 Å². The van der Waals surface area contributed by atoms with Crippen LogP contribution in [0, 0.1) is 0 Å². The van der Waals surface area contributed by atoms with Gasteiger partial charge >= 0.3 is 0 Å². The lowest BCUT2D eigenvalue weighted by molar-refractivity contribution is -0.120. The molecule has 132 valence electrons. The minimum absolute atomic E-state index is 0.156. The number of amides is 2. The molecule has 2 N–H and O–H groups in total. The fourth-order valence-electron chi connectivity index (χ4n) is 2.33. The molecule has 2 aromatic rings. The molecule has 2 amide bonds. The zero-order chi connectivity index (χ0) is 17.6. The maximum absolute atomic E-state index is 12.3. The van der Waals surface area contributed by atoms with Crippen molar-refractivity contribution in [2.24, 2.45) is 0 Å². The Kier molecular flexibility index (Phi) is 5.08. The highest BCUT2D eigenvalue weighted by Crippen LogP contribution is 2.40. The summed E-state index contributed by atoms with van der Waals surface area (Å²) in [6.45, 7) is 0.928. The number of fused-ring (bicyclic) bond motifs is 1. The van der Waals surface area contributed by atoms with Crippen molar-refractivity contribution >= 4 is 11.8 Å². The van der Waals surface area contributed by atoms with Crippen LogP contribution < -0.4 is 24.8 Å². The van der Waals surface area contributed by atoms with Gasteiger partial charge < -0.3 is 29.3 Å². The van der Waals surface area contributed by atoms with E-state index in [0.717, 1.165) is 0 Å². The third-order valence-corrected chi connectivity index (χ3v) is 3.54. The number of hydrogen-bond acceptors (Lipinski definition) is 6. The van der Waals surface area contributed by atoms with Crippen LogP contribution in [-0.4, -0.2) is 38.7 Å². The third-order valence-electron chi connectivity index (χ3n) is 3.54. The summed E-state index contributed by atoms with van der Waals surface area (Å²) in [7, 11) is 1.48. The van der Waals surface area contributed by atoms with E-state index in [2.05, 4.69) is 10.6 Å². The molecule has 8 nitrogen and oxygen atoms in total. The molecule has 0 saturated heterocycles. The molecule has 1 aliphatic rings. The van der Waals surface area contributed by atoms with E-state index in [9.17, 15) is 9.59 Å². The van der Waals surface area contributed by atoms with E-state index in [-0.39, 0.29) is 19.0 Å². The minimum atomic E-state index is -0.413. The van der Waals surface area contributed by atoms with Gasteiger partial charge in [0.05, 0.1) is 26.5 Å². The number of rotatable bonds is 6. The van der Waals surface area contributed by atoms with Gasteiger partial charge in [0.25, 0.3) is 5.91 Å². The molecular formula is C17H18N2O6. The number of nitrogens with one attached hydrogen (secondary N) is 2. The Bertz CT molecular complexity index is 739. The van der Waals surface area contributed by atoms with Crippen molar-refractivity contribution < 1.29 is 28.2 Å². The first-order valence-corrected chi connectivity index (χ1v) is 7.72. The molecule has 25 heavy (non-hydrogen) atoms. The van der Waals surface area contributed by atoms with E-state index in [1.54, 1.807) is 24.3 Å². The highest BCUT2D eigenvalue weighted by molar-refractivity contribution is 5.97. The second-order valence-electron chi connectivity index (χ2n) is 5.24. The Hall–Kier alpha value is -3.16. The van der Waals surface area contributed by atoms with Gasteiger partial charge in [-0.15, -0.1) is 0 Å². The molecule has 0 aliphatic carbocycles. The highest BCUT2D eigenvalue weighted by atomic mass is 16.6. The van der Waals surface area contributed by atoms with Gasteiger partial charge in [0.15, 0.2) is 11.5 Å². The molecule has 1 aliphatic heterocycles. The van der Waals surface area contributed by atoms with Crippen molar-refractivity contribution in [1.29, 1.82) is 0 Å². The molecule has 0 atom stereocenters. The summed E-state index contributed by atoms with van der Waals surface area (Å²) in [6, 6.07) is 6.59. The summed E-state index contributed by atoms with van der Waals surface area (Å²) in [6.07, 6.45) is 1.53. The largest absolute Gasteiger partial charge is 0.493 e. The smallest absolute Gasteiger partial charge is 0.251 e. The number of methoxy groups -OCH3 is 1. The molecule has 0 radical (unpaired) electrons. The van der Waals surface area contributed by atoms with Crippen LogP contribution in [0.15, 0.2) is 34.9 Å². The molecule has 2 heterocycles. The average molecular weight is 346 g/mol. The van der Waals surface area contributed by atoms with Crippen molar-refractivity contribution in [3.05, 3.63) is 41.9 Å². The molecule has 0 fully saturated rings. The fraction of sp³-hybridized carbons (Fsp3) is 0.294. The van der Waals surface area contributed by atoms with E-state index in [0.29, 0.717) is 41.8 Å². The predicted molar refractivity (Wildman–Crippen MR) is 86.9 cm³/mol. The van der Waals surface area contributed by atoms with E-state index in [4.69, 9.17) is 18.6 Å². The Labute approximate surface area is 144 Å². The van der Waals surface area contributed by atoms with Crippen LogP contribution in [0.4, 0.5) is 0 Å². The van der Waals surface area contributed by atoms with Crippen molar-refractivity contribution in [2.45, 2.75) is 6.54 Å². The number of benzene rings is 1. The van der Waals surface area contributed by atoms with Gasteiger partial charge in [-0.3, -0.25) is 9.59 Å². The lowest BCUT2D eigenvalue weighted by Gasteiger charge is -2.21. The highest BCUT2D eigenvalue weighted by Gasteiger charge is 2.21. The molecule has 8 heteroatoms. The molecule has 0 saturated carbocycles. The normalized spacial score (nSPS) is 12.4. The quantitative estimate of drug-likeness (QED) is 0.813. The second kappa shape index (κ2) is 7.61. The van der Waals surface area contributed by atoms with Crippen molar-refractivity contribution in [3.8, 4) is 17.2 Å². The number of carbonyl (C=O) groups is 2. The summed E-state index contributed by atoms with van der Waals surface area (Å²) in [4.78, 5) is 24.1. The first-order valence-electron chi connectivity index (χ1n) is 7.72. The first kappa shape index (κ1) is 16.7. The monoisotopic (exact) mass is 346 g/mol. The number of hydrogen-bond donors (Lipinski definition) is 2. The Morgan fingerprint density at radius 1 is 1.20 bits per heavy atom. The Balaban J connectivity index is 1.58. The van der Waals surface area contributed by atoms with Gasteiger partial charge in [0, 0.05) is 5.56 Å². The van der Waals surface area contributed by atoms with Gasteiger partial charge in [0.1, 0.15) is 19.0 Å². The summed E-state index contributed by atoms with van der Waals surface area (Å²) in [5, 5.41) is 5.20. The summed E-state index contributed by atoms with van der Waals surface area (Å²) in [5.74, 6) is 1.22. The van der Waals surface area contributed by atoms with E-state index < -0.39 is 5.91 Å². The summed E-state index contributed by atoms with van der Waals surface area (Å²) in [5.41, 5.74) is 0.319. The van der Waals surface area contributed by atoms with Crippen molar-refractivity contribution in [1.82, 2.24) is 10.6 Å². The van der Waals surface area contributed by atoms with Crippen LogP contribution in [0.25, 0.3) is 0 Å². The van der Waals surface area contributed by atoms with E-state index in [1.165, 1.54) is 13.4 Å². The Morgan fingerprint density at radius 3 is 2.80 bits per heavy atom. The van der Waals surface area contributed by atoms with Crippen LogP contribution in [0.2, 0.25) is 0 Å². The van der Waals surface area contributed by atoms with Crippen LogP contribution >= 0.6 is 0 Å². The molecule has 0 bridgehead atoms. The number of ether oxygens (including phenoxy) is 3. The SMILES string of the molecule is COc1cc(C(=O)NCC(=O)NCc2ccco2)cc2c1OCCO2. The van der Waals surface area contributed by atoms with Crippen LogP contribution in [-0.2, 0) is 11.3 Å². The molecule has 0 spiro atoms. The van der Waals surface area contributed by atoms with Gasteiger partial charge in [-0.25, -0.2) is 0 Å². The van der Waals surface area contributed by atoms with Crippen molar-refractivity contribution in [3.63, 3.8) is 0 Å². The van der Waals surface area contributed by atoms with Crippen LogP contribution in [0.1, 0.15) is 16.1 Å². The second-order valence-corrected chi connectivity index (χ2v) is 5.24.